The van der Waals surface area contributed by atoms with E-state index in [1.807, 2.05) is 0 Å². The van der Waals surface area contributed by atoms with Crippen LogP contribution in [0, 0.1) is 0 Å². The molecule has 13 N–H and O–H groups in total. The maximum Gasteiger partial charge on any atom is 0.378 e. The van der Waals surface area contributed by atoms with Gasteiger partial charge >= 0.3 is 23.9 Å². The first kappa shape index (κ1) is 25.9. The minimum Gasteiger partial charge on any atom is -0.481 e. The van der Waals surface area contributed by atoms with E-state index in [1.54, 1.807) is 0 Å². The van der Waals surface area contributed by atoms with Gasteiger partial charge in [0.2, 0.25) is 0 Å². The monoisotopic (exact) mass is 419 g/mol. The predicted octanol–water partition coefficient (Wildman–Crippen LogP) is -3.59. The van der Waals surface area contributed by atoms with Crippen LogP contribution in [0.3, 0.4) is 0 Å². The number of aliphatic imine (C=N–C) groups is 1. The molecule has 0 saturated heterocycles. The topological polar surface area (TPSA) is 258 Å². The van der Waals surface area contributed by atoms with Crippen LogP contribution in [0.4, 0.5) is 0 Å². The molecule has 0 unspecified atom stereocenters. The van der Waals surface area contributed by atoms with Crippen molar-refractivity contribution in [3.63, 3.8) is 0 Å². The average Bonchev–Trinajstić information content (AvgIpc) is 2.61. The fourth-order valence-corrected chi connectivity index (χ4v) is 2.14. The summed E-state index contributed by atoms with van der Waals surface area (Å²) in [6.45, 7) is 0.340. The van der Waals surface area contributed by atoms with Crippen LogP contribution >= 0.6 is 0 Å². The highest BCUT2D eigenvalue weighted by Crippen LogP contribution is 2.03. The number of carboxylic acids is 2. The van der Waals surface area contributed by atoms with Crippen molar-refractivity contribution in [2.24, 2.45) is 33.7 Å². The number of aliphatic carboxylic acids is 2. The Balaban J connectivity index is 4.87. The van der Waals surface area contributed by atoms with Crippen LogP contribution in [0.15, 0.2) is 4.99 Å². The molecule has 0 amide bonds. The molecule has 0 aromatic rings. The van der Waals surface area contributed by atoms with E-state index in [0.29, 0.717) is 6.42 Å². The van der Waals surface area contributed by atoms with Gasteiger partial charge < -0.3 is 32.7 Å². The van der Waals surface area contributed by atoms with Gasteiger partial charge in [-0.25, -0.2) is 4.79 Å². The number of carbonyl (C=O) groups excluding carboxylic acids is 1. The zero-order valence-corrected chi connectivity index (χ0v) is 16.1. The molecule has 0 radical (unpaired) electrons. The lowest BCUT2D eigenvalue weighted by molar-refractivity contribution is -0.763. The Hall–Kier alpha value is -3.13. The molecular weight excluding hydrogens is 388 g/mol. The summed E-state index contributed by atoms with van der Waals surface area (Å²) in [5, 5.41) is 20.3. The maximum atomic E-state index is 12.5. The van der Waals surface area contributed by atoms with Crippen molar-refractivity contribution in [2.75, 3.05) is 19.6 Å². The minimum atomic E-state index is -1.15. The summed E-state index contributed by atoms with van der Waals surface area (Å²) < 4.78 is 0.929. The molecule has 0 bridgehead atoms. The number of nitrogens with two attached hydrogens (primary N) is 5. The lowest BCUT2D eigenvalue weighted by Gasteiger charge is -2.17. The molecule has 29 heavy (non-hydrogen) atoms. The smallest absolute Gasteiger partial charge is 0.378 e. The van der Waals surface area contributed by atoms with Gasteiger partial charge in [-0.05, 0) is 25.7 Å². The molecule has 0 aromatic carbocycles. The molecule has 2 atom stereocenters. The first-order valence-electron chi connectivity index (χ1n) is 8.90. The normalized spacial score (nSPS) is 12.4. The van der Waals surface area contributed by atoms with Gasteiger partial charge in [0.1, 0.15) is 18.6 Å². The highest BCUT2D eigenvalue weighted by Gasteiger charge is 2.24. The largest absolute Gasteiger partial charge is 0.481 e. The quantitative estimate of drug-likeness (QED) is 0.0320. The molecule has 0 spiro atoms. The molecule has 0 aromatic heterocycles. The summed E-state index contributed by atoms with van der Waals surface area (Å²) in [5.74, 6) is -3.30. The van der Waals surface area contributed by atoms with Crippen LogP contribution in [0.5, 0.6) is 0 Å². The Morgan fingerprint density at radius 1 is 1.07 bits per heavy atom. The number of hydrogen-bond donors (Lipinski definition) is 8. The van der Waals surface area contributed by atoms with E-state index in [0.717, 1.165) is 4.74 Å². The number of guanidine groups is 2. The van der Waals surface area contributed by atoms with Crippen LogP contribution in [-0.2, 0) is 19.2 Å². The van der Waals surface area contributed by atoms with Crippen LogP contribution in [-0.4, -0.2) is 76.5 Å². The maximum absolute atomic E-state index is 12.5. The van der Waals surface area contributed by atoms with Gasteiger partial charge in [-0.1, -0.05) is 4.74 Å². The Kier molecular flexibility index (Phi) is 12.4. The standard InChI is InChI=1S/C15H30N8O6/c16-9(12(26)27)3-2-8-23(15(19)20)29-13(28)10(21-7-5-11(24)25)4-1-6-22-14(17)18/h9-10,21H,1-8,16H2,(H9,17,18,19,20,22,24,25,26,27)/p+1/t9-,10-/m0/s1. The lowest BCUT2D eigenvalue weighted by Crippen LogP contribution is -2.44. The number of hydrogen-bond acceptors (Lipinski definition) is 7. The number of nitrogens with one attached hydrogen (secondary N) is 1. The molecule has 0 aliphatic carbocycles. The summed E-state index contributed by atoms with van der Waals surface area (Å²) in [7, 11) is 0. The van der Waals surface area contributed by atoms with Crippen LogP contribution in [0.2, 0.25) is 0 Å². The Labute approximate surface area is 167 Å². The van der Waals surface area contributed by atoms with E-state index in [-0.39, 0.29) is 57.2 Å². The van der Waals surface area contributed by atoms with E-state index in [1.165, 1.54) is 0 Å². The van der Waals surface area contributed by atoms with E-state index in [2.05, 4.69) is 10.3 Å². The highest BCUT2D eigenvalue weighted by molar-refractivity contribution is 5.77. The summed E-state index contributed by atoms with van der Waals surface area (Å²) in [5.41, 5.74) is 26.9. The molecule has 0 aliphatic rings. The van der Waals surface area contributed by atoms with Crippen LogP contribution < -0.4 is 34.0 Å². The van der Waals surface area contributed by atoms with Crippen LogP contribution in [0.25, 0.3) is 0 Å². The van der Waals surface area contributed by atoms with Gasteiger partial charge in [-0.15, -0.1) is 0 Å². The van der Waals surface area contributed by atoms with E-state index in [4.69, 9.17) is 43.7 Å². The molecule has 0 fully saturated rings. The molecule has 14 nitrogen and oxygen atoms in total. The summed E-state index contributed by atoms with van der Waals surface area (Å²) in [6.07, 6.45) is 0.861. The fraction of sp³-hybridized carbons (Fsp3) is 0.667. The Morgan fingerprint density at radius 3 is 2.24 bits per heavy atom. The molecule has 0 aliphatic heterocycles. The Morgan fingerprint density at radius 2 is 1.72 bits per heavy atom. The number of rotatable bonds is 15. The SMILES string of the molecule is NC(N)=NCCC[C@H](NCCC(=O)O)C(=O)O[N+](CCC[C@H](N)C(=O)O)=C(N)N. The second-order valence-corrected chi connectivity index (χ2v) is 6.12. The fourth-order valence-electron chi connectivity index (χ4n) is 2.14. The zero-order valence-electron chi connectivity index (χ0n) is 16.1. The van der Waals surface area contributed by atoms with Crippen molar-refractivity contribution in [3.8, 4) is 0 Å². The third kappa shape index (κ3) is 12.8. The van der Waals surface area contributed by atoms with Gasteiger partial charge in [0.15, 0.2) is 5.96 Å². The van der Waals surface area contributed by atoms with Crippen molar-refractivity contribution in [2.45, 2.75) is 44.2 Å². The van der Waals surface area contributed by atoms with E-state index >= 15 is 0 Å². The van der Waals surface area contributed by atoms with Crippen LogP contribution in [0.1, 0.15) is 32.1 Å². The summed E-state index contributed by atoms with van der Waals surface area (Å²) in [6, 6.07) is -1.92. The second-order valence-electron chi connectivity index (χ2n) is 6.12. The Bertz CT molecular complexity index is 616. The number of carboxylic acid groups (broad SMARTS) is 2. The molecule has 0 saturated carbocycles. The molecular formula is C15H31N8O6+. The second kappa shape index (κ2) is 14.0. The lowest BCUT2D eigenvalue weighted by atomic mass is 10.1. The first-order valence-corrected chi connectivity index (χ1v) is 8.90. The minimum absolute atomic E-state index is 0.0326. The summed E-state index contributed by atoms with van der Waals surface area (Å²) >= 11 is 0. The number of nitrogens with zero attached hydrogens (tertiary/aromatic N) is 2. The first-order chi connectivity index (χ1) is 13.5. The van der Waals surface area contributed by atoms with Crippen molar-refractivity contribution in [3.05, 3.63) is 0 Å². The van der Waals surface area contributed by atoms with Gasteiger partial charge in [0, 0.05) is 13.1 Å². The van der Waals surface area contributed by atoms with E-state index < -0.39 is 30.0 Å². The van der Waals surface area contributed by atoms with E-state index in [9.17, 15) is 14.4 Å². The van der Waals surface area contributed by atoms with Gasteiger partial charge in [-0.2, -0.15) is 0 Å². The van der Waals surface area contributed by atoms with Crippen molar-refractivity contribution in [1.82, 2.24) is 5.32 Å². The third-order valence-corrected chi connectivity index (χ3v) is 3.64. The molecule has 14 heteroatoms. The molecule has 166 valence electrons. The molecule has 0 heterocycles. The summed E-state index contributed by atoms with van der Waals surface area (Å²) in [4.78, 5) is 42.9. The van der Waals surface area contributed by atoms with Gasteiger partial charge in [0.25, 0.3) is 0 Å². The third-order valence-electron chi connectivity index (χ3n) is 3.64. The number of hydroxylamine groups is 1. The van der Waals surface area contributed by atoms with Crippen molar-refractivity contribution in [1.29, 1.82) is 0 Å². The number of carbonyl (C=O) groups is 3. The van der Waals surface area contributed by atoms with Gasteiger partial charge in [-0.3, -0.25) is 30.9 Å². The molecule has 0 rings (SSSR count). The van der Waals surface area contributed by atoms with Gasteiger partial charge in [0.05, 0.1) is 6.42 Å². The zero-order chi connectivity index (χ0) is 22.4. The highest BCUT2D eigenvalue weighted by atomic mass is 16.7. The van der Waals surface area contributed by atoms with Crippen molar-refractivity contribution >= 4 is 29.8 Å². The van der Waals surface area contributed by atoms with Crippen molar-refractivity contribution < 1.29 is 34.2 Å². The predicted molar refractivity (Wildman–Crippen MR) is 103 cm³/mol. The average molecular weight is 419 g/mol.